The van der Waals surface area contributed by atoms with Gasteiger partial charge in [0.15, 0.2) is 0 Å². The van der Waals surface area contributed by atoms with Crippen LogP contribution in [0.2, 0.25) is 0 Å². The summed E-state index contributed by atoms with van der Waals surface area (Å²) in [5, 5.41) is 7.88. The molecule has 0 aromatic rings. The van der Waals surface area contributed by atoms with Crippen LogP contribution in [-0.4, -0.2) is 54.3 Å². The molecule has 0 heterocycles. The van der Waals surface area contributed by atoms with Crippen molar-refractivity contribution in [3.8, 4) is 0 Å². The molecule has 0 bridgehead atoms. The standard InChI is InChI=1S/C3H8O.Ca.H3O4P/c1-2-3-4;;1-5(2,3)4/h4H,2-3H2,1H3;;(H3,1,2,3,4)/q;+2;/p-2. The molecule has 0 saturated heterocycles. The van der Waals surface area contributed by atoms with Gasteiger partial charge >= 0.3 is 37.7 Å². The number of rotatable bonds is 1. The molecule has 0 atom stereocenters. The Kier molecular flexibility index (Phi) is 18.0. The SMILES string of the molecule is CCCO.O=P([O-])([O-])O.[Ca+2]. The van der Waals surface area contributed by atoms with Gasteiger partial charge in [-0.05, 0) is 6.42 Å². The van der Waals surface area contributed by atoms with Crippen molar-refractivity contribution in [3.05, 3.63) is 0 Å². The summed E-state index contributed by atoms with van der Waals surface area (Å²) in [6, 6.07) is 0. The van der Waals surface area contributed by atoms with Crippen molar-refractivity contribution in [2.75, 3.05) is 6.61 Å². The Labute approximate surface area is 89.3 Å². The van der Waals surface area contributed by atoms with Gasteiger partial charge < -0.3 is 24.4 Å². The summed E-state index contributed by atoms with van der Waals surface area (Å²) >= 11 is 0. The van der Waals surface area contributed by atoms with Gasteiger partial charge in [-0.1, -0.05) is 6.92 Å². The Hall–Kier alpha value is 1.33. The van der Waals surface area contributed by atoms with Crippen LogP contribution in [0.15, 0.2) is 0 Å². The monoisotopic (exact) mass is 196 g/mol. The van der Waals surface area contributed by atoms with E-state index in [0.717, 1.165) is 6.42 Å². The van der Waals surface area contributed by atoms with E-state index in [4.69, 9.17) is 24.4 Å². The number of phosphoric acid groups is 1. The van der Waals surface area contributed by atoms with Gasteiger partial charge in [0.05, 0.1) is 7.82 Å². The summed E-state index contributed by atoms with van der Waals surface area (Å²) in [5.74, 6) is 0. The summed E-state index contributed by atoms with van der Waals surface area (Å²) in [7, 11) is -5.14. The first-order valence-corrected chi connectivity index (χ1v) is 3.77. The zero-order valence-electron chi connectivity index (χ0n) is 5.69. The van der Waals surface area contributed by atoms with Crippen LogP contribution in [0.3, 0.4) is 0 Å². The quantitative estimate of drug-likeness (QED) is 0.366. The van der Waals surface area contributed by atoms with Crippen LogP contribution < -0.4 is 9.79 Å². The van der Waals surface area contributed by atoms with Crippen molar-refractivity contribution in [1.82, 2.24) is 0 Å². The molecule has 0 rings (SSSR count). The molecular weight excluding hydrogens is 187 g/mol. The van der Waals surface area contributed by atoms with Gasteiger partial charge in [0.25, 0.3) is 0 Å². The zero-order chi connectivity index (χ0) is 7.91. The van der Waals surface area contributed by atoms with Crippen molar-refractivity contribution in [2.24, 2.45) is 0 Å². The molecule has 0 aliphatic heterocycles. The normalized spacial score (nSPS) is 8.90. The van der Waals surface area contributed by atoms with Gasteiger partial charge in [0, 0.05) is 6.61 Å². The van der Waals surface area contributed by atoms with Crippen LogP contribution in [0.4, 0.5) is 0 Å². The van der Waals surface area contributed by atoms with E-state index in [-0.39, 0.29) is 37.7 Å². The van der Waals surface area contributed by atoms with E-state index < -0.39 is 7.82 Å². The molecule has 10 heavy (non-hydrogen) atoms. The summed E-state index contributed by atoms with van der Waals surface area (Å²) in [4.78, 5) is 24.3. The molecule has 0 aromatic carbocycles. The van der Waals surface area contributed by atoms with E-state index in [1.54, 1.807) is 0 Å². The maximum absolute atomic E-state index is 8.66. The third-order valence-corrected chi connectivity index (χ3v) is 0.224. The third kappa shape index (κ3) is 119. The summed E-state index contributed by atoms with van der Waals surface area (Å²) < 4.78 is 8.66. The molecule has 5 nitrogen and oxygen atoms in total. The van der Waals surface area contributed by atoms with Crippen molar-refractivity contribution >= 4 is 45.6 Å². The third-order valence-electron chi connectivity index (χ3n) is 0.224. The second-order valence-electron chi connectivity index (χ2n) is 1.19. The zero-order valence-corrected chi connectivity index (χ0v) is 8.79. The number of aliphatic hydroxyl groups excluding tert-OH is 1. The average molecular weight is 196 g/mol. The smallest absolute Gasteiger partial charge is 0.790 e. The molecule has 0 aliphatic rings. The molecular formula is C3H9CaO5P. The number of hydrogen-bond donors (Lipinski definition) is 2. The molecule has 0 aromatic heterocycles. The van der Waals surface area contributed by atoms with E-state index in [9.17, 15) is 0 Å². The predicted molar refractivity (Wildman–Crippen MR) is 33.0 cm³/mol. The van der Waals surface area contributed by atoms with Crippen LogP contribution in [0, 0.1) is 0 Å². The molecule has 0 amide bonds. The summed E-state index contributed by atoms with van der Waals surface area (Å²) in [6.07, 6.45) is 0.875. The first-order chi connectivity index (χ1) is 3.91. The van der Waals surface area contributed by atoms with E-state index >= 15 is 0 Å². The van der Waals surface area contributed by atoms with Crippen LogP contribution in [0.1, 0.15) is 13.3 Å². The van der Waals surface area contributed by atoms with Crippen molar-refractivity contribution in [2.45, 2.75) is 13.3 Å². The maximum atomic E-state index is 8.66. The second kappa shape index (κ2) is 10.3. The molecule has 7 heteroatoms. The van der Waals surface area contributed by atoms with Crippen molar-refractivity contribution in [1.29, 1.82) is 0 Å². The van der Waals surface area contributed by atoms with Crippen LogP contribution in [0.25, 0.3) is 0 Å². The van der Waals surface area contributed by atoms with E-state index in [0.29, 0.717) is 6.61 Å². The fraction of sp³-hybridized carbons (Fsp3) is 1.00. The molecule has 0 fully saturated rings. The Morgan fingerprint density at radius 1 is 1.50 bits per heavy atom. The summed E-state index contributed by atoms with van der Waals surface area (Å²) in [5.41, 5.74) is 0. The van der Waals surface area contributed by atoms with Crippen LogP contribution in [0.5, 0.6) is 0 Å². The minimum atomic E-state index is -5.14. The van der Waals surface area contributed by atoms with Crippen molar-refractivity contribution < 1.29 is 24.4 Å². The predicted octanol–water partition coefficient (Wildman–Crippen LogP) is -2.18. The van der Waals surface area contributed by atoms with Gasteiger partial charge in [-0.2, -0.15) is 0 Å². The first kappa shape index (κ1) is 17.4. The maximum Gasteiger partial charge on any atom is 2.00 e. The van der Waals surface area contributed by atoms with E-state index in [1.165, 1.54) is 0 Å². The van der Waals surface area contributed by atoms with E-state index in [1.807, 2.05) is 6.92 Å². The van der Waals surface area contributed by atoms with Gasteiger partial charge in [-0.25, -0.2) is 0 Å². The summed E-state index contributed by atoms with van der Waals surface area (Å²) in [6.45, 7) is 2.25. The minimum absolute atomic E-state index is 0. The number of hydrogen-bond acceptors (Lipinski definition) is 4. The topological polar surface area (TPSA) is 104 Å². The molecule has 0 unspecified atom stereocenters. The average Bonchev–Trinajstić information content (AvgIpc) is 1.61. The Morgan fingerprint density at radius 2 is 1.60 bits per heavy atom. The Bertz CT molecular complexity index is 80.6. The van der Waals surface area contributed by atoms with Crippen molar-refractivity contribution in [3.63, 3.8) is 0 Å². The van der Waals surface area contributed by atoms with Crippen LogP contribution >= 0.6 is 7.82 Å². The molecule has 0 radical (unpaired) electrons. The number of aliphatic hydroxyl groups is 1. The van der Waals surface area contributed by atoms with Gasteiger partial charge in [-0.15, -0.1) is 0 Å². The molecule has 0 saturated carbocycles. The fourth-order valence-electron chi connectivity index (χ4n) is 0. The van der Waals surface area contributed by atoms with Gasteiger partial charge in [0.2, 0.25) is 0 Å². The molecule has 58 valence electrons. The molecule has 0 aliphatic carbocycles. The van der Waals surface area contributed by atoms with Crippen LogP contribution in [-0.2, 0) is 4.57 Å². The largest absolute Gasteiger partial charge is 2.00 e. The van der Waals surface area contributed by atoms with Gasteiger partial charge in [-0.3, -0.25) is 0 Å². The molecule has 2 N–H and O–H groups in total. The van der Waals surface area contributed by atoms with Gasteiger partial charge in [0.1, 0.15) is 0 Å². The second-order valence-corrected chi connectivity index (χ2v) is 2.13. The minimum Gasteiger partial charge on any atom is -0.790 e. The Morgan fingerprint density at radius 3 is 1.60 bits per heavy atom. The van der Waals surface area contributed by atoms with E-state index in [2.05, 4.69) is 0 Å². The molecule has 0 spiro atoms. The Balaban J connectivity index is -0.0000000910. The fourth-order valence-corrected chi connectivity index (χ4v) is 0. The first-order valence-electron chi connectivity index (χ1n) is 2.27.